The molecule has 0 aliphatic carbocycles. The van der Waals surface area contributed by atoms with E-state index in [0.29, 0.717) is 12.2 Å². The van der Waals surface area contributed by atoms with Gasteiger partial charge in [0, 0.05) is 12.2 Å². The quantitative estimate of drug-likeness (QED) is 0.579. The lowest BCUT2D eigenvalue weighted by atomic mass is 10.2. The second kappa shape index (κ2) is 7.19. The first-order valence-electron chi connectivity index (χ1n) is 5.48. The van der Waals surface area contributed by atoms with Gasteiger partial charge in [-0.1, -0.05) is 12.2 Å². The van der Waals surface area contributed by atoms with Crippen molar-refractivity contribution in [1.29, 1.82) is 0 Å². The molecule has 94 valence electrons. The van der Waals surface area contributed by atoms with Gasteiger partial charge in [-0.25, -0.2) is 4.39 Å². The molecule has 0 unspecified atom stereocenters. The summed E-state index contributed by atoms with van der Waals surface area (Å²) in [5, 5.41) is 8.58. The first kappa shape index (κ1) is 13.9. The zero-order chi connectivity index (χ0) is 12.7. The maximum Gasteiger partial charge on any atom is 0.165 e. The summed E-state index contributed by atoms with van der Waals surface area (Å²) in [6.45, 7) is 0.611. The van der Waals surface area contributed by atoms with Gasteiger partial charge in [0.05, 0.1) is 6.61 Å². The molecule has 0 aliphatic heterocycles. The van der Waals surface area contributed by atoms with Crippen LogP contribution in [0.2, 0.25) is 0 Å². The average Bonchev–Trinajstić information content (AvgIpc) is 2.30. The Balaban J connectivity index is 2.46. The standard InChI is InChI=1S/C12H16FNO2S/c13-10-8-9(12(14)17)4-5-11(10)16-7-3-1-2-6-15/h4-5,8,15H,1-3,6-7H2,(H2,14,17). The number of aliphatic hydroxyl groups is 1. The normalized spacial score (nSPS) is 10.2. The minimum Gasteiger partial charge on any atom is -0.491 e. The fourth-order valence-corrected chi connectivity index (χ4v) is 1.47. The molecule has 0 atom stereocenters. The predicted molar refractivity (Wildman–Crippen MR) is 68.7 cm³/mol. The number of thiocarbonyl (C=S) groups is 1. The van der Waals surface area contributed by atoms with Crippen LogP contribution in [0.1, 0.15) is 24.8 Å². The van der Waals surface area contributed by atoms with E-state index in [9.17, 15) is 4.39 Å². The Bertz CT molecular complexity index is 385. The Morgan fingerprint density at radius 3 is 2.71 bits per heavy atom. The van der Waals surface area contributed by atoms with Crippen molar-refractivity contribution in [2.75, 3.05) is 13.2 Å². The molecule has 0 spiro atoms. The molecule has 1 rings (SSSR count). The number of benzene rings is 1. The Morgan fingerprint density at radius 2 is 2.12 bits per heavy atom. The number of hydrogen-bond donors (Lipinski definition) is 2. The Kier molecular flexibility index (Phi) is 5.86. The van der Waals surface area contributed by atoms with Crippen LogP contribution in [0.3, 0.4) is 0 Å². The van der Waals surface area contributed by atoms with E-state index >= 15 is 0 Å². The minimum absolute atomic E-state index is 0.165. The molecule has 3 N–H and O–H groups in total. The summed E-state index contributed by atoms with van der Waals surface area (Å²) < 4.78 is 18.8. The highest BCUT2D eigenvalue weighted by atomic mass is 32.1. The molecule has 0 aliphatic rings. The van der Waals surface area contributed by atoms with Crippen LogP contribution in [0, 0.1) is 5.82 Å². The molecule has 0 radical (unpaired) electrons. The van der Waals surface area contributed by atoms with Crippen LogP contribution < -0.4 is 10.5 Å². The summed E-state index contributed by atoms with van der Waals surface area (Å²) in [5.74, 6) is -0.258. The Hall–Kier alpha value is -1.20. The second-order valence-electron chi connectivity index (χ2n) is 3.64. The van der Waals surface area contributed by atoms with Crippen LogP contribution in [0.25, 0.3) is 0 Å². The van der Waals surface area contributed by atoms with E-state index in [1.54, 1.807) is 6.07 Å². The number of ether oxygens (including phenoxy) is 1. The molecular formula is C12H16FNO2S. The van der Waals surface area contributed by atoms with Gasteiger partial charge >= 0.3 is 0 Å². The van der Waals surface area contributed by atoms with Crippen molar-refractivity contribution in [2.24, 2.45) is 5.73 Å². The number of halogens is 1. The minimum atomic E-state index is -0.461. The summed E-state index contributed by atoms with van der Waals surface area (Å²) in [5.41, 5.74) is 5.88. The third-order valence-electron chi connectivity index (χ3n) is 2.28. The van der Waals surface area contributed by atoms with Gasteiger partial charge in [0.15, 0.2) is 11.6 Å². The van der Waals surface area contributed by atoms with Gasteiger partial charge in [0.25, 0.3) is 0 Å². The van der Waals surface area contributed by atoms with Crippen LogP contribution >= 0.6 is 12.2 Å². The molecule has 0 fully saturated rings. The molecule has 0 saturated heterocycles. The second-order valence-corrected chi connectivity index (χ2v) is 4.08. The van der Waals surface area contributed by atoms with Crippen molar-refractivity contribution in [2.45, 2.75) is 19.3 Å². The largest absolute Gasteiger partial charge is 0.491 e. The highest BCUT2D eigenvalue weighted by Gasteiger charge is 2.05. The van der Waals surface area contributed by atoms with Gasteiger partial charge in [-0.05, 0) is 37.5 Å². The molecule has 0 bridgehead atoms. The van der Waals surface area contributed by atoms with Crippen molar-refractivity contribution < 1.29 is 14.2 Å². The molecule has 0 saturated carbocycles. The van der Waals surface area contributed by atoms with Crippen LogP contribution in [-0.2, 0) is 0 Å². The molecule has 1 aromatic rings. The van der Waals surface area contributed by atoms with E-state index in [4.69, 9.17) is 27.8 Å². The predicted octanol–water partition coefficient (Wildman–Crippen LogP) is 2.00. The van der Waals surface area contributed by atoms with Gasteiger partial charge in [0.2, 0.25) is 0 Å². The summed E-state index contributed by atoms with van der Waals surface area (Å²) >= 11 is 4.75. The first-order chi connectivity index (χ1) is 8.15. The van der Waals surface area contributed by atoms with Gasteiger partial charge in [-0.3, -0.25) is 0 Å². The van der Waals surface area contributed by atoms with Gasteiger partial charge in [-0.15, -0.1) is 0 Å². The number of unbranched alkanes of at least 4 members (excludes halogenated alkanes) is 2. The fourth-order valence-electron chi connectivity index (χ4n) is 1.34. The van der Waals surface area contributed by atoms with Crippen LogP contribution in [0.4, 0.5) is 4.39 Å². The molecule has 3 nitrogen and oxygen atoms in total. The molecular weight excluding hydrogens is 241 g/mol. The summed E-state index contributed by atoms with van der Waals surface area (Å²) in [6, 6.07) is 4.43. The lowest BCUT2D eigenvalue weighted by Crippen LogP contribution is -2.10. The Labute approximate surface area is 105 Å². The molecule has 0 heterocycles. The van der Waals surface area contributed by atoms with Crippen molar-refractivity contribution >= 4 is 17.2 Å². The summed E-state index contributed by atoms with van der Waals surface area (Å²) in [7, 11) is 0. The van der Waals surface area contributed by atoms with Crippen molar-refractivity contribution in [3.05, 3.63) is 29.6 Å². The molecule has 1 aromatic carbocycles. The van der Waals surface area contributed by atoms with Crippen molar-refractivity contribution in [3.8, 4) is 5.75 Å². The molecule has 17 heavy (non-hydrogen) atoms. The van der Waals surface area contributed by atoms with Gasteiger partial charge < -0.3 is 15.6 Å². The highest BCUT2D eigenvalue weighted by molar-refractivity contribution is 7.80. The van der Waals surface area contributed by atoms with Crippen LogP contribution in [-0.4, -0.2) is 23.3 Å². The van der Waals surface area contributed by atoms with E-state index in [-0.39, 0.29) is 17.3 Å². The number of aliphatic hydroxyl groups excluding tert-OH is 1. The number of nitrogens with two attached hydrogens (primary N) is 1. The average molecular weight is 257 g/mol. The van der Waals surface area contributed by atoms with Crippen LogP contribution in [0.5, 0.6) is 5.75 Å². The zero-order valence-corrected chi connectivity index (χ0v) is 10.3. The van der Waals surface area contributed by atoms with E-state index in [1.807, 2.05) is 0 Å². The number of hydrogen-bond acceptors (Lipinski definition) is 3. The Morgan fingerprint density at radius 1 is 1.35 bits per heavy atom. The third kappa shape index (κ3) is 4.66. The van der Waals surface area contributed by atoms with Crippen molar-refractivity contribution in [3.63, 3.8) is 0 Å². The lowest BCUT2D eigenvalue weighted by Gasteiger charge is -2.08. The SMILES string of the molecule is NC(=S)c1ccc(OCCCCCO)c(F)c1. The maximum absolute atomic E-state index is 13.5. The van der Waals surface area contributed by atoms with E-state index in [1.165, 1.54) is 12.1 Å². The zero-order valence-electron chi connectivity index (χ0n) is 9.49. The lowest BCUT2D eigenvalue weighted by molar-refractivity contribution is 0.261. The molecule has 5 heteroatoms. The van der Waals surface area contributed by atoms with E-state index < -0.39 is 5.82 Å². The smallest absolute Gasteiger partial charge is 0.165 e. The molecule has 0 aromatic heterocycles. The molecule has 0 amide bonds. The van der Waals surface area contributed by atoms with E-state index in [2.05, 4.69) is 0 Å². The van der Waals surface area contributed by atoms with E-state index in [0.717, 1.165) is 19.3 Å². The fraction of sp³-hybridized carbons (Fsp3) is 0.417. The third-order valence-corrected chi connectivity index (χ3v) is 2.51. The topological polar surface area (TPSA) is 55.5 Å². The van der Waals surface area contributed by atoms with Gasteiger partial charge in [-0.2, -0.15) is 0 Å². The van der Waals surface area contributed by atoms with Gasteiger partial charge in [0.1, 0.15) is 4.99 Å². The highest BCUT2D eigenvalue weighted by Crippen LogP contribution is 2.18. The van der Waals surface area contributed by atoms with Crippen LogP contribution in [0.15, 0.2) is 18.2 Å². The maximum atomic E-state index is 13.5. The summed E-state index contributed by atoms with van der Waals surface area (Å²) in [4.78, 5) is 0.165. The van der Waals surface area contributed by atoms with Crippen molar-refractivity contribution in [1.82, 2.24) is 0 Å². The monoisotopic (exact) mass is 257 g/mol. The summed E-state index contributed by atoms with van der Waals surface area (Å²) in [6.07, 6.45) is 2.40. The number of rotatable bonds is 7. The first-order valence-corrected chi connectivity index (χ1v) is 5.89.